The summed E-state index contributed by atoms with van der Waals surface area (Å²) >= 11 is 0. The van der Waals surface area contributed by atoms with Gasteiger partial charge in [0.1, 0.15) is 6.54 Å². The van der Waals surface area contributed by atoms with Crippen LogP contribution in [0.15, 0.2) is 70.8 Å². The topological polar surface area (TPSA) is 113 Å². The number of nitrogens with zero attached hydrogens (tertiary/aromatic N) is 5. The molecule has 0 saturated heterocycles. The summed E-state index contributed by atoms with van der Waals surface area (Å²) in [5.74, 6) is -0.445. The molecule has 4 aromatic rings. The summed E-state index contributed by atoms with van der Waals surface area (Å²) in [7, 11) is 1.57. The van der Waals surface area contributed by atoms with Gasteiger partial charge in [0.15, 0.2) is 11.2 Å². The van der Waals surface area contributed by atoms with Gasteiger partial charge in [0.2, 0.25) is 5.91 Å². The van der Waals surface area contributed by atoms with Gasteiger partial charge >= 0.3 is 5.69 Å². The fourth-order valence-corrected chi connectivity index (χ4v) is 3.55. The van der Waals surface area contributed by atoms with Gasteiger partial charge in [0.05, 0.1) is 19.5 Å². The second-order valence-corrected chi connectivity index (χ2v) is 7.48. The monoisotopic (exact) mass is 448 g/mol. The Morgan fingerprint density at radius 2 is 1.79 bits per heavy atom. The van der Waals surface area contributed by atoms with Gasteiger partial charge in [-0.3, -0.25) is 19.1 Å². The normalized spacial score (nSPS) is 11.1. The number of pyridine rings is 1. The largest absolute Gasteiger partial charge is 0.383 e. The van der Waals surface area contributed by atoms with Crippen molar-refractivity contribution in [1.82, 2.24) is 29.0 Å². The van der Waals surface area contributed by atoms with Gasteiger partial charge in [-0.2, -0.15) is 0 Å². The zero-order valence-electron chi connectivity index (χ0n) is 18.2. The standard InChI is InChI=1S/C23H24N6O4/c1-33-12-11-27-16-26-21-20(27)22(31)29(15-19(30)25-13-17-7-9-24-10-8-17)23(32)28(21)14-18-5-3-2-4-6-18/h2-10,16H,11-15H2,1H3,(H,25,30). The molecule has 1 amide bonds. The molecule has 0 saturated carbocycles. The first-order valence-corrected chi connectivity index (χ1v) is 10.5. The van der Waals surface area contributed by atoms with Gasteiger partial charge in [0.25, 0.3) is 5.56 Å². The van der Waals surface area contributed by atoms with Gasteiger partial charge < -0.3 is 14.6 Å². The van der Waals surface area contributed by atoms with E-state index in [0.717, 1.165) is 15.7 Å². The van der Waals surface area contributed by atoms with Crippen molar-refractivity contribution < 1.29 is 9.53 Å². The Kier molecular flexibility index (Phi) is 6.75. The van der Waals surface area contributed by atoms with E-state index in [-0.39, 0.29) is 24.3 Å². The van der Waals surface area contributed by atoms with Crippen molar-refractivity contribution in [3.8, 4) is 0 Å². The van der Waals surface area contributed by atoms with E-state index in [1.165, 1.54) is 10.9 Å². The maximum absolute atomic E-state index is 13.3. The highest BCUT2D eigenvalue weighted by molar-refractivity contribution is 5.76. The molecular weight excluding hydrogens is 424 g/mol. The number of fused-ring (bicyclic) bond motifs is 1. The van der Waals surface area contributed by atoms with Gasteiger partial charge in [-0.15, -0.1) is 0 Å². The van der Waals surface area contributed by atoms with Crippen molar-refractivity contribution in [3.05, 3.63) is 93.2 Å². The van der Waals surface area contributed by atoms with E-state index < -0.39 is 23.7 Å². The maximum Gasteiger partial charge on any atom is 0.333 e. The summed E-state index contributed by atoms with van der Waals surface area (Å²) < 4.78 is 9.15. The SMILES string of the molecule is COCCn1cnc2c1c(=O)n(CC(=O)NCc1ccncc1)c(=O)n2Cc1ccccc1. The highest BCUT2D eigenvalue weighted by Crippen LogP contribution is 2.10. The number of hydrogen-bond donors (Lipinski definition) is 1. The lowest BCUT2D eigenvalue weighted by Gasteiger charge is -2.13. The number of carbonyl (C=O) groups excluding carboxylic acids is 1. The van der Waals surface area contributed by atoms with Crippen LogP contribution in [0.5, 0.6) is 0 Å². The molecule has 10 heteroatoms. The summed E-state index contributed by atoms with van der Waals surface area (Å²) in [6.45, 7) is 0.844. The van der Waals surface area contributed by atoms with Crippen LogP contribution in [0, 0.1) is 0 Å². The van der Waals surface area contributed by atoms with Crippen LogP contribution < -0.4 is 16.6 Å². The molecule has 0 aliphatic carbocycles. The first-order chi connectivity index (χ1) is 16.1. The smallest absolute Gasteiger partial charge is 0.333 e. The molecule has 3 aromatic heterocycles. The third-order valence-corrected chi connectivity index (χ3v) is 5.24. The Hall–Kier alpha value is -4.05. The second kappa shape index (κ2) is 10.0. The van der Waals surface area contributed by atoms with Gasteiger partial charge in [-0.05, 0) is 23.3 Å². The van der Waals surface area contributed by atoms with Gasteiger partial charge in [0, 0.05) is 32.6 Å². The molecule has 0 fully saturated rings. The molecule has 0 unspecified atom stereocenters. The fourth-order valence-electron chi connectivity index (χ4n) is 3.55. The molecule has 0 bridgehead atoms. The molecule has 0 aliphatic rings. The van der Waals surface area contributed by atoms with E-state index in [1.54, 1.807) is 36.2 Å². The zero-order chi connectivity index (χ0) is 23.2. The number of hydrogen-bond acceptors (Lipinski definition) is 6. The number of nitrogens with one attached hydrogen (secondary N) is 1. The fraction of sp³-hybridized carbons (Fsp3) is 0.261. The molecule has 3 heterocycles. The van der Waals surface area contributed by atoms with E-state index in [1.807, 2.05) is 30.3 Å². The van der Waals surface area contributed by atoms with Crippen LogP contribution in [0.25, 0.3) is 11.2 Å². The van der Waals surface area contributed by atoms with Crippen molar-refractivity contribution in [2.75, 3.05) is 13.7 Å². The molecule has 1 aromatic carbocycles. The molecule has 0 atom stereocenters. The van der Waals surface area contributed by atoms with Crippen LogP contribution >= 0.6 is 0 Å². The minimum atomic E-state index is -0.590. The van der Waals surface area contributed by atoms with Crippen LogP contribution in [0.4, 0.5) is 0 Å². The van der Waals surface area contributed by atoms with Crippen molar-refractivity contribution in [3.63, 3.8) is 0 Å². The van der Waals surface area contributed by atoms with Crippen molar-refractivity contribution in [2.24, 2.45) is 0 Å². The van der Waals surface area contributed by atoms with E-state index in [0.29, 0.717) is 13.2 Å². The summed E-state index contributed by atoms with van der Waals surface area (Å²) in [6.07, 6.45) is 4.77. The molecule has 0 spiro atoms. The molecular formula is C23H24N6O4. The van der Waals surface area contributed by atoms with Gasteiger partial charge in [-0.25, -0.2) is 14.3 Å². The number of ether oxygens (including phenoxy) is 1. The van der Waals surface area contributed by atoms with E-state index >= 15 is 0 Å². The Bertz CT molecular complexity index is 1360. The van der Waals surface area contributed by atoms with Crippen molar-refractivity contribution >= 4 is 17.1 Å². The first-order valence-electron chi connectivity index (χ1n) is 10.5. The number of imidazole rings is 1. The summed E-state index contributed by atoms with van der Waals surface area (Å²) in [6, 6.07) is 13.0. The predicted octanol–water partition coefficient (Wildman–Crippen LogP) is 0.766. The summed E-state index contributed by atoms with van der Waals surface area (Å²) in [4.78, 5) is 47.5. The Morgan fingerprint density at radius 1 is 1.03 bits per heavy atom. The third-order valence-electron chi connectivity index (χ3n) is 5.24. The molecule has 0 aliphatic heterocycles. The minimum Gasteiger partial charge on any atom is -0.383 e. The lowest BCUT2D eigenvalue weighted by atomic mass is 10.2. The van der Waals surface area contributed by atoms with E-state index in [9.17, 15) is 14.4 Å². The summed E-state index contributed by atoms with van der Waals surface area (Å²) in [5, 5.41) is 2.74. The van der Waals surface area contributed by atoms with E-state index in [2.05, 4.69) is 15.3 Å². The number of benzene rings is 1. The molecule has 0 radical (unpaired) electrons. The summed E-state index contributed by atoms with van der Waals surface area (Å²) in [5.41, 5.74) is 1.11. The maximum atomic E-state index is 13.3. The molecule has 170 valence electrons. The second-order valence-electron chi connectivity index (χ2n) is 7.48. The lowest BCUT2D eigenvalue weighted by Crippen LogP contribution is -2.44. The Labute approximate surface area is 189 Å². The van der Waals surface area contributed by atoms with E-state index in [4.69, 9.17) is 4.74 Å². The average molecular weight is 448 g/mol. The Morgan fingerprint density at radius 3 is 2.52 bits per heavy atom. The number of amides is 1. The highest BCUT2D eigenvalue weighted by atomic mass is 16.5. The van der Waals surface area contributed by atoms with Gasteiger partial charge in [-0.1, -0.05) is 30.3 Å². The Balaban J connectivity index is 1.72. The molecule has 10 nitrogen and oxygen atoms in total. The minimum absolute atomic E-state index is 0.219. The third kappa shape index (κ3) is 4.90. The number of carbonyl (C=O) groups is 1. The zero-order valence-corrected chi connectivity index (χ0v) is 18.2. The van der Waals surface area contributed by atoms with Crippen LogP contribution in [0.3, 0.4) is 0 Å². The molecule has 33 heavy (non-hydrogen) atoms. The van der Waals surface area contributed by atoms with Crippen LogP contribution in [-0.4, -0.2) is 43.3 Å². The number of aromatic nitrogens is 5. The molecule has 1 N–H and O–H groups in total. The first kappa shape index (κ1) is 22.2. The van der Waals surface area contributed by atoms with Crippen LogP contribution in [-0.2, 0) is 35.7 Å². The van der Waals surface area contributed by atoms with Crippen LogP contribution in [0.2, 0.25) is 0 Å². The van der Waals surface area contributed by atoms with Crippen molar-refractivity contribution in [2.45, 2.75) is 26.2 Å². The highest BCUT2D eigenvalue weighted by Gasteiger charge is 2.20. The predicted molar refractivity (Wildman–Crippen MR) is 122 cm³/mol. The quantitative estimate of drug-likeness (QED) is 0.405. The lowest BCUT2D eigenvalue weighted by molar-refractivity contribution is -0.121. The van der Waals surface area contributed by atoms with Crippen molar-refractivity contribution in [1.29, 1.82) is 0 Å². The van der Waals surface area contributed by atoms with Crippen LogP contribution in [0.1, 0.15) is 11.1 Å². The number of rotatable bonds is 9. The average Bonchev–Trinajstić information content (AvgIpc) is 3.27. The molecule has 4 rings (SSSR count). The number of methoxy groups -OCH3 is 1.